The highest BCUT2D eigenvalue weighted by Gasteiger charge is 2.19. The molecule has 1 aliphatic rings. The van der Waals surface area contributed by atoms with E-state index in [1.54, 1.807) is 0 Å². The third-order valence-electron chi connectivity index (χ3n) is 6.45. The van der Waals surface area contributed by atoms with Crippen LogP contribution in [0.1, 0.15) is 48.5 Å². The Kier molecular flexibility index (Phi) is 11.0. The molecule has 200 valence electrons. The van der Waals surface area contributed by atoms with Gasteiger partial charge in [0.05, 0.1) is 23.7 Å². The SMILES string of the molecule is Cc1ccccc1C(CCN1CCCCC1)NC(=O)Cc1ccc2ccccc2n1.O=C(O)/C=C/C(=O)O. The van der Waals surface area contributed by atoms with Gasteiger partial charge in [0.2, 0.25) is 5.91 Å². The molecule has 1 aromatic heterocycles. The molecule has 0 saturated carbocycles. The van der Waals surface area contributed by atoms with Gasteiger partial charge in [0.1, 0.15) is 0 Å². The van der Waals surface area contributed by atoms with Crippen molar-refractivity contribution in [2.75, 3.05) is 19.6 Å². The van der Waals surface area contributed by atoms with Crippen molar-refractivity contribution in [3.63, 3.8) is 0 Å². The van der Waals surface area contributed by atoms with Crippen molar-refractivity contribution in [2.24, 2.45) is 0 Å². The van der Waals surface area contributed by atoms with Gasteiger partial charge in [-0.05, 0) is 62.5 Å². The molecule has 3 aromatic rings. The highest BCUT2D eigenvalue weighted by Crippen LogP contribution is 2.22. The molecule has 8 heteroatoms. The lowest BCUT2D eigenvalue weighted by molar-refractivity contribution is -0.134. The van der Waals surface area contributed by atoms with Crippen molar-refractivity contribution in [3.8, 4) is 0 Å². The molecule has 1 fully saturated rings. The van der Waals surface area contributed by atoms with Gasteiger partial charge in [0.25, 0.3) is 0 Å². The molecule has 0 aliphatic carbocycles. The van der Waals surface area contributed by atoms with Gasteiger partial charge in [0, 0.05) is 24.1 Å². The number of nitrogens with one attached hydrogen (secondary N) is 1. The molecule has 1 saturated heterocycles. The molecule has 1 unspecified atom stereocenters. The Balaban J connectivity index is 0.000000436. The van der Waals surface area contributed by atoms with Gasteiger partial charge in [-0.25, -0.2) is 9.59 Å². The minimum atomic E-state index is -1.26. The second kappa shape index (κ2) is 14.6. The average Bonchev–Trinajstić information content (AvgIpc) is 2.91. The maximum atomic E-state index is 12.9. The van der Waals surface area contributed by atoms with E-state index in [2.05, 4.69) is 46.4 Å². The summed E-state index contributed by atoms with van der Waals surface area (Å²) in [7, 11) is 0. The molecule has 4 rings (SSSR count). The number of carbonyl (C=O) groups excluding carboxylic acids is 1. The molecule has 0 spiro atoms. The summed E-state index contributed by atoms with van der Waals surface area (Å²) < 4.78 is 0. The van der Waals surface area contributed by atoms with Crippen LogP contribution in [0.5, 0.6) is 0 Å². The Morgan fingerprint density at radius 2 is 1.58 bits per heavy atom. The molecule has 2 heterocycles. The fraction of sp³-hybridized carbons (Fsp3) is 0.333. The van der Waals surface area contributed by atoms with E-state index in [9.17, 15) is 14.4 Å². The van der Waals surface area contributed by atoms with Gasteiger partial charge in [-0.3, -0.25) is 9.78 Å². The zero-order valence-electron chi connectivity index (χ0n) is 21.7. The first-order valence-corrected chi connectivity index (χ1v) is 12.9. The van der Waals surface area contributed by atoms with E-state index >= 15 is 0 Å². The van der Waals surface area contributed by atoms with Crippen LogP contribution in [-0.4, -0.2) is 57.6 Å². The highest BCUT2D eigenvalue weighted by atomic mass is 16.4. The van der Waals surface area contributed by atoms with Gasteiger partial charge < -0.3 is 20.4 Å². The van der Waals surface area contributed by atoms with Crippen LogP contribution in [-0.2, 0) is 20.8 Å². The minimum absolute atomic E-state index is 0.0288. The van der Waals surface area contributed by atoms with Crippen LogP contribution in [0.15, 0.2) is 72.8 Å². The van der Waals surface area contributed by atoms with Gasteiger partial charge >= 0.3 is 11.9 Å². The standard InChI is InChI=1S/C26H31N3O.C4H4O4/c1-20-9-3-5-11-23(20)25(15-18-29-16-7-2-8-17-29)28-26(30)19-22-14-13-21-10-4-6-12-24(21)27-22;5-3(6)1-2-4(7)8/h3-6,9-14,25H,2,7-8,15-19H2,1H3,(H,28,30);1-2H,(H,5,6)(H,7,8)/b;2-1+. The second-order valence-corrected chi connectivity index (χ2v) is 9.35. The monoisotopic (exact) mass is 517 g/mol. The Hall–Kier alpha value is -4.04. The molecule has 0 radical (unpaired) electrons. The number of hydrogen-bond donors (Lipinski definition) is 3. The Morgan fingerprint density at radius 1 is 0.921 bits per heavy atom. The second-order valence-electron chi connectivity index (χ2n) is 9.35. The largest absolute Gasteiger partial charge is 0.478 e. The lowest BCUT2D eigenvalue weighted by Crippen LogP contribution is -2.36. The topological polar surface area (TPSA) is 120 Å². The number of rotatable bonds is 9. The van der Waals surface area contributed by atoms with E-state index in [4.69, 9.17) is 10.2 Å². The third-order valence-corrected chi connectivity index (χ3v) is 6.45. The van der Waals surface area contributed by atoms with Crippen molar-refractivity contribution in [2.45, 2.75) is 45.1 Å². The van der Waals surface area contributed by atoms with Crippen LogP contribution in [0, 0.1) is 6.92 Å². The Morgan fingerprint density at radius 3 is 2.26 bits per heavy atom. The molecule has 0 bridgehead atoms. The number of pyridine rings is 1. The molecule has 1 aliphatic heterocycles. The number of carboxylic acids is 2. The van der Waals surface area contributed by atoms with Crippen molar-refractivity contribution in [1.29, 1.82) is 0 Å². The zero-order valence-corrected chi connectivity index (χ0v) is 21.7. The van der Waals surface area contributed by atoms with Crippen molar-refractivity contribution < 1.29 is 24.6 Å². The first kappa shape index (κ1) is 28.5. The van der Waals surface area contributed by atoms with Crippen LogP contribution >= 0.6 is 0 Å². The predicted octanol–water partition coefficient (Wildman–Crippen LogP) is 4.53. The maximum Gasteiger partial charge on any atom is 0.328 e. The first-order chi connectivity index (χ1) is 18.3. The quantitative estimate of drug-likeness (QED) is 0.357. The van der Waals surface area contributed by atoms with E-state index in [1.807, 2.05) is 36.4 Å². The highest BCUT2D eigenvalue weighted by molar-refractivity contribution is 5.89. The number of para-hydroxylation sites is 1. The van der Waals surface area contributed by atoms with Crippen molar-refractivity contribution in [3.05, 3.63) is 89.6 Å². The van der Waals surface area contributed by atoms with E-state index in [0.29, 0.717) is 18.6 Å². The van der Waals surface area contributed by atoms with Gasteiger partial charge in [-0.15, -0.1) is 0 Å². The van der Waals surface area contributed by atoms with Gasteiger partial charge in [0.15, 0.2) is 0 Å². The first-order valence-electron chi connectivity index (χ1n) is 12.9. The molecule has 2 aromatic carbocycles. The predicted molar refractivity (Wildman–Crippen MR) is 147 cm³/mol. The van der Waals surface area contributed by atoms with Gasteiger partial charge in [-0.1, -0.05) is 55.0 Å². The zero-order chi connectivity index (χ0) is 27.3. The molecule has 38 heavy (non-hydrogen) atoms. The van der Waals surface area contributed by atoms with Crippen LogP contribution in [0.4, 0.5) is 0 Å². The van der Waals surface area contributed by atoms with E-state index < -0.39 is 11.9 Å². The van der Waals surface area contributed by atoms with E-state index in [-0.39, 0.29) is 11.9 Å². The number of carbonyl (C=O) groups is 3. The summed E-state index contributed by atoms with van der Waals surface area (Å²) in [6.45, 7) is 5.50. The smallest absolute Gasteiger partial charge is 0.328 e. The van der Waals surface area contributed by atoms with Crippen molar-refractivity contribution >= 4 is 28.7 Å². The molecular formula is C30H35N3O5. The lowest BCUT2D eigenvalue weighted by Gasteiger charge is -2.29. The number of piperidine rings is 1. The number of carboxylic acid groups (broad SMARTS) is 2. The summed E-state index contributed by atoms with van der Waals surface area (Å²) in [5.41, 5.74) is 4.19. The summed E-state index contributed by atoms with van der Waals surface area (Å²) >= 11 is 0. The Bertz CT molecular complexity index is 1250. The van der Waals surface area contributed by atoms with Crippen LogP contribution < -0.4 is 5.32 Å². The molecule has 1 amide bonds. The molecule has 3 N–H and O–H groups in total. The number of benzene rings is 2. The number of amides is 1. The van der Waals surface area contributed by atoms with Gasteiger partial charge in [-0.2, -0.15) is 0 Å². The number of aryl methyl sites for hydroxylation is 1. The summed E-state index contributed by atoms with van der Waals surface area (Å²) in [5, 5.41) is 20.0. The van der Waals surface area contributed by atoms with E-state index in [0.717, 1.165) is 29.6 Å². The third kappa shape index (κ3) is 9.44. The number of nitrogens with zero attached hydrogens (tertiary/aromatic N) is 2. The number of fused-ring (bicyclic) bond motifs is 1. The number of likely N-dealkylation sites (tertiary alicyclic amines) is 1. The Labute approximate surface area is 223 Å². The summed E-state index contributed by atoms with van der Waals surface area (Å²) in [6.07, 6.45) is 6.26. The fourth-order valence-electron chi connectivity index (χ4n) is 4.54. The molecular weight excluding hydrogens is 482 g/mol. The summed E-state index contributed by atoms with van der Waals surface area (Å²) in [6, 6.07) is 20.4. The van der Waals surface area contributed by atoms with Crippen molar-refractivity contribution in [1.82, 2.24) is 15.2 Å². The van der Waals surface area contributed by atoms with Crippen LogP contribution in [0.25, 0.3) is 10.9 Å². The normalized spacial score (nSPS) is 14.4. The average molecular weight is 518 g/mol. The number of hydrogen-bond acceptors (Lipinski definition) is 5. The molecule has 8 nitrogen and oxygen atoms in total. The van der Waals surface area contributed by atoms with Crippen LogP contribution in [0.2, 0.25) is 0 Å². The fourth-order valence-corrected chi connectivity index (χ4v) is 4.54. The molecule has 1 atom stereocenters. The minimum Gasteiger partial charge on any atom is -0.478 e. The summed E-state index contributed by atoms with van der Waals surface area (Å²) in [5.74, 6) is -2.48. The number of aromatic nitrogens is 1. The lowest BCUT2D eigenvalue weighted by atomic mass is 9.97. The number of aliphatic carboxylic acids is 2. The summed E-state index contributed by atoms with van der Waals surface area (Å²) in [4.78, 5) is 39.2. The van der Waals surface area contributed by atoms with E-state index in [1.165, 1.54) is 43.5 Å². The maximum absolute atomic E-state index is 12.9. The van der Waals surface area contributed by atoms with Crippen LogP contribution in [0.3, 0.4) is 0 Å².